The number of para-hydroxylation sites is 2. The third kappa shape index (κ3) is 3.90. The number of carbonyl (C=O) groups is 1. The van der Waals surface area contributed by atoms with Gasteiger partial charge in [-0.15, -0.1) is 0 Å². The minimum Gasteiger partial charge on any atom is -0.457 e. The maximum Gasteiger partial charge on any atom is 0.234 e. The summed E-state index contributed by atoms with van der Waals surface area (Å²) < 4.78 is 31.2. The van der Waals surface area contributed by atoms with Gasteiger partial charge in [-0.2, -0.15) is 0 Å². The van der Waals surface area contributed by atoms with E-state index >= 15 is 0 Å². The molecule has 2 aliphatic rings. The number of amides is 1. The number of piperidine rings is 1. The van der Waals surface area contributed by atoms with Crippen LogP contribution in [0.15, 0.2) is 48.5 Å². The molecule has 1 saturated heterocycles. The van der Waals surface area contributed by atoms with Crippen LogP contribution in [0, 0.1) is 5.92 Å². The summed E-state index contributed by atoms with van der Waals surface area (Å²) in [5.41, 5.74) is 1.73. The van der Waals surface area contributed by atoms with Crippen molar-refractivity contribution in [3.63, 3.8) is 0 Å². The van der Waals surface area contributed by atoms with Crippen molar-refractivity contribution in [2.24, 2.45) is 5.92 Å². The SMILES string of the molecule is CC(C)CS(=O)(=O)C1CCN(C(=O)C2c3ccccc3Oc3ccccc32)CC1. The van der Waals surface area contributed by atoms with Crippen molar-refractivity contribution in [3.05, 3.63) is 59.7 Å². The van der Waals surface area contributed by atoms with Crippen LogP contribution < -0.4 is 4.74 Å². The Balaban J connectivity index is 1.56. The molecule has 2 aromatic rings. The Morgan fingerprint density at radius 3 is 2.03 bits per heavy atom. The molecule has 1 fully saturated rings. The molecule has 0 aromatic heterocycles. The molecule has 0 saturated carbocycles. The van der Waals surface area contributed by atoms with Gasteiger partial charge in [0.15, 0.2) is 9.84 Å². The van der Waals surface area contributed by atoms with Crippen molar-refractivity contribution >= 4 is 15.7 Å². The highest BCUT2D eigenvalue weighted by atomic mass is 32.2. The van der Waals surface area contributed by atoms with E-state index in [2.05, 4.69) is 0 Å². The molecular weight excluding hydrogens is 386 g/mol. The first-order valence-electron chi connectivity index (χ1n) is 10.2. The molecule has 0 unspecified atom stereocenters. The lowest BCUT2D eigenvalue weighted by Crippen LogP contribution is -2.45. The summed E-state index contributed by atoms with van der Waals surface area (Å²) in [5.74, 6) is 1.35. The van der Waals surface area contributed by atoms with Crippen molar-refractivity contribution < 1.29 is 17.9 Å². The number of benzene rings is 2. The van der Waals surface area contributed by atoms with Crippen molar-refractivity contribution in [1.29, 1.82) is 0 Å². The Hall–Kier alpha value is -2.34. The quantitative estimate of drug-likeness (QED) is 0.760. The van der Waals surface area contributed by atoms with Gasteiger partial charge in [-0.25, -0.2) is 8.42 Å². The maximum absolute atomic E-state index is 13.5. The summed E-state index contributed by atoms with van der Waals surface area (Å²) in [4.78, 5) is 15.4. The molecular formula is C23H27NO4S. The minimum absolute atomic E-state index is 0.0212. The topological polar surface area (TPSA) is 63.7 Å². The number of hydrogen-bond acceptors (Lipinski definition) is 4. The molecule has 154 valence electrons. The molecule has 0 spiro atoms. The van der Waals surface area contributed by atoms with Crippen molar-refractivity contribution in [2.75, 3.05) is 18.8 Å². The zero-order chi connectivity index (χ0) is 20.6. The summed E-state index contributed by atoms with van der Waals surface area (Å²) in [5, 5.41) is -0.344. The average Bonchev–Trinajstić information content (AvgIpc) is 2.70. The van der Waals surface area contributed by atoms with Crippen LogP contribution in [0.25, 0.3) is 0 Å². The maximum atomic E-state index is 13.5. The zero-order valence-electron chi connectivity index (χ0n) is 16.9. The van der Waals surface area contributed by atoms with Crippen LogP contribution in [0.1, 0.15) is 43.7 Å². The highest BCUT2D eigenvalue weighted by Crippen LogP contribution is 2.44. The van der Waals surface area contributed by atoms with Gasteiger partial charge >= 0.3 is 0 Å². The average molecular weight is 414 g/mol. The Bertz CT molecular complexity index is 962. The highest BCUT2D eigenvalue weighted by molar-refractivity contribution is 7.92. The Morgan fingerprint density at radius 1 is 1.00 bits per heavy atom. The molecule has 0 atom stereocenters. The number of sulfone groups is 1. The fourth-order valence-electron chi connectivity index (χ4n) is 4.39. The fraction of sp³-hybridized carbons (Fsp3) is 0.435. The molecule has 4 rings (SSSR count). The first-order chi connectivity index (χ1) is 13.9. The third-order valence-corrected chi connectivity index (χ3v) is 8.37. The lowest BCUT2D eigenvalue weighted by atomic mass is 9.86. The summed E-state index contributed by atoms with van der Waals surface area (Å²) in [7, 11) is -3.11. The van der Waals surface area contributed by atoms with Gasteiger partial charge in [0.05, 0.1) is 16.9 Å². The number of nitrogens with zero attached hydrogens (tertiary/aromatic N) is 1. The van der Waals surface area contributed by atoms with Crippen molar-refractivity contribution in [2.45, 2.75) is 37.9 Å². The van der Waals surface area contributed by atoms with Gasteiger partial charge in [0, 0.05) is 24.2 Å². The lowest BCUT2D eigenvalue weighted by molar-refractivity contribution is -0.132. The van der Waals surface area contributed by atoms with E-state index in [1.165, 1.54) is 0 Å². The molecule has 0 N–H and O–H groups in total. The third-order valence-electron chi connectivity index (χ3n) is 5.75. The number of fused-ring (bicyclic) bond motifs is 2. The Kier molecular flexibility index (Phi) is 5.38. The van der Waals surface area contributed by atoms with Crippen LogP contribution in [0.3, 0.4) is 0 Å². The lowest BCUT2D eigenvalue weighted by Gasteiger charge is -2.36. The van der Waals surface area contributed by atoms with Crippen molar-refractivity contribution in [1.82, 2.24) is 4.90 Å². The van der Waals surface area contributed by atoms with Crippen LogP contribution in [-0.4, -0.2) is 43.3 Å². The minimum atomic E-state index is -3.11. The van der Waals surface area contributed by atoms with Crippen molar-refractivity contribution in [3.8, 4) is 11.5 Å². The summed E-state index contributed by atoms with van der Waals surface area (Å²) >= 11 is 0. The number of likely N-dealkylation sites (tertiary alicyclic amines) is 1. The van der Waals surface area contributed by atoms with Crippen LogP contribution >= 0.6 is 0 Å². The van der Waals surface area contributed by atoms with Gasteiger partial charge in [0.2, 0.25) is 5.91 Å². The second-order valence-corrected chi connectivity index (χ2v) is 10.7. The van der Waals surface area contributed by atoms with Crippen LogP contribution in [0.2, 0.25) is 0 Å². The van der Waals surface area contributed by atoms with E-state index in [-0.39, 0.29) is 22.8 Å². The van der Waals surface area contributed by atoms with Gasteiger partial charge in [-0.1, -0.05) is 50.2 Å². The molecule has 1 amide bonds. The molecule has 6 heteroatoms. The van der Waals surface area contributed by atoms with Gasteiger partial charge in [0.1, 0.15) is 11.5 Å². The Labute approximate surface area is 172 Å². The molecule has 2 aliphatic heterocycles. The number of hydrogen-bond donors (Lipinski definition) is 0. The second-order valence-electron chi connectivity index (χ2n) is 8.36. The fourth-order valence-corrected chi connectivity index (χ4v) is 6.52. The molecule has 2 aromatic carbocycles. The number of ether oxygens (including phenoxy) is 1. The van der Waals surface area contributed by atoms with Gasteiger partial charge in [-0.3, -0.25) is 4.79 Å². The predicted molar refractivity (Wildman–Crippen MR) is 113 cm³/mol. The van der Waals surface area contributed by atoms with Crippen LogP contribution in [-0.2, 0) is 14.6 Å². The van der Waals surface area contributed by atoms with Gasteiger partial charge < -0.3 is 9.64 Å². The van der Waals surface area contributed by atoms with Crippen LogP contribution in [0.4, 0.5) is 0 Å². The Morgan fingerprint density at radius 2 is 1.52 bits per heavy atom. The van der Waals surface area contributed by atoms with E-state index in [0.717, 1.165) is 11.1 Å². The van der Waals surface area contributed by atoms with E-state index < -0.39 is 15.8 Å². The summed E-state index contributed by atoms with van der Waals surface area (Å²) in [6.45, 7) is 4.80. The highest BCUT2D eigenvalue weighted by Gasteiger charge is 2.38. The standard InChI is InChI=1S/C23H27NO4S/c1-16(2)15-29(26,27)17-11-13-24(14-12-17)23(25)22-18-7-3-5-9-20(18)28-21-10-6-4-8-19(21)22/h3-10,16-17,22H,11-15H2,1-2H3. The molecule has 0 radical (unpaired) electrons. The second kappa shape index (κ2) is 7.82. The first kappa shape index (κ1) is 20.0. The molecule has 2 heterocycles. The summed E-state index contributed by atoms with van der Waals surface area (Å²) in [6, 6.07) is 15.3. The molecule has 0 aliphatic carbocycles. The van der Waals surface area contributed by atoms with Crippen LogP contribution in [0.5, 0.6) is 11.5 Å². The molecule has 0 bridgehead atoms. The molecule has 5 nitrogen and oxygen atoms in total. The van der Waals surface area contributed by atoms with E-state index in [4.69, 9.17) is 4.74 Å². The predicted octanol–water partition coefficient (Wildman–Crippen LogP) is 3.99. The normalized spacial score (nSPS) is 17.6. The number of rotatable bonds is 4. The number of carbonyl (C=O) groups excluding carboxylic acids is 1. The van der Waals surface area contributed by atoms with E-state index in [1.807, 2.05) is 67.3 Å². The first-order valence-corrected chi connectivity index (χ1v) is 11.9. The zero-order valence-corrected chi connectivity index (χ0v) is 17.7. The smallest absolute Gasteiger partial charge is 0.234 e. The van der Waals surface area contributed by atoms with E-state index in [0.29, 0.717) is 37.4 Å². The monoisotopic (exact) mass is 413 g/mol. The van der Waals surface area contributed by atoms with Gasteiger partial charge in [0.25, 0.3) is 0 Å². The summed E-state index contributed by atoms with van der Waals surface area (Å²) in [6.07, 6.45) is 1.01. The van der Waals surface area contributed by atoms with E-state index in [9.17, 15) is 13.2 Å². The van der Waals surface area contributed by atoms with E-state index in [1.54, 1.807) is 0 Å². The molecule has 29 heavy (non-hydrogen) atoms. The largest absolute Gasteiger partial charge is 0.457 e. The van der Waals surface area contributed by atoms with Gasteiger partial charge in [-0.05, 0) is 30.9 Å².